The predicted octanol–water partition coefficient (Wildman–Crippen LogP) is 4.15. The largest absolute Gasteiger partial charge is 0.369 e. The molecular formula is C28H27N5O4. The number of hydrogen-bond donors (Lipinski definition) is 2. The molecule has 3 aromatic carbocycles. The van der Waals surface area contributed by atoms with Gasteiger partial charge in [-0.3, -0.25) is 29.6 Å². The molecule has 2 aliphatic rings. The van der Waals surface area contributed by atoms with E-state index in [4.69, 9.17) is 10.7 Å². The van der Waals surface area contributed by atoms with Crippen LogP contribution >= 0.6 is 0 Å². The molecule has 1 unspecified atom stereocenters. The Balaban J connectivity index is 1.42. The van der Waals surface area contributed by atoms with E-state index in [0.29, 0.717) is 22.6 Å². The summed E-state index contributed by atoms with van der Waals surface area (Å²) in [4.78, 5) is 42.6. The third-order valence-corrected chi connectivity index (χ3v) is 7.00. The molecule has 0 spiro atoms. The van der Waals surface area contributed by atoms with Gasteiger partial charge in [-0.05, 0) is 55.3 Å². The van der Waals surface area contributed by atoms with Crippen molar-refractivity contribution < 1.29 is 14.5 Å². The molecule has 1 saturated heterocycles. The smallest absolute Gasteiger partial charge is 0.269 e. The number of nitrogens with zero attached hydrogens (tertiary/aromatic N) is 3. The summed E-state index contributed by atoms with van der Waals surface area (Å²) in [6, 6.07) is 21.6. The lowest BCUT2D eigenvalue weighted by Crippen LogP contribution is -2.38. The van der Waals surface area contributed by atoms with Crippen molar-refractivity contribution in [2.45, 2.75) is 25.3 Å². The van der Waals surface area contributed by atoms with Crippen molar-refractivity contribution in [2.24, 2.45) is 16.6 Å². The zero-order chi connectivity index (χ0) is 25.9. The number of piperidine rings is 1. The van der Waals surface area contributed by atoms with Crippen LogP contribution in [0.1, 0.15) is 35.4 Å². The number of rotatable bonds is 7. The maximum Gasteiger partial charge on any atom is 0.269 e. The Morgan fingerprint density at radius 2 is 1.76 bits per heavy atom. The van der Waals surface area contributed by atoms with Crippen LogP contribution in [0.3, 0.4) is 0 Å². The second-order valence-electron chi connectivity index (χ2n) is 9.43. The molecule has 188 valence electrons. The number of carbonyl (C=O) groups is 2. The Labute approximate surface area is 214 Å². The van der Waals surface area contributed by atoms with Crippen LogP contribution in [-0.2, 0) is 16.1 Å². The molecule has 0 saturated carbocycles. The maximum absolute atomic E-state index is 13.1. The van der Waals surface area contributed by atoms with Gasteiger partial charge in [-0.2, -0.15) is 0 Å². The number of anilines is 1. The average molecular weight is 498 g/mol. The highest BCUT2D eigenvalue weighted by molar-refractivity contribution is 6.24. The number of amides is 2. The van der Waals surface area contributed by atoms with Crippen LogP contribution in [0.25, 0.3) is 0 Å². The minimum atomic E-state index is -0.775. The predicted molar refractivity (Wildman–Crippen MR) is 141 cm³/mol. The number of nitrogens with two attached hydrogens (primary N) is 1. The van der Waals surface area contributed by atoms with Crippen molar-refractivity contribution in [3.63, 3.8) is 0 Å². The molecule has 0 radical (unpaired) electrons. The number of primary amides is 1. The molecule has 3 aromatic rings. The number of hydrogen-bond acceptors (Lipinski definition) is 6. The van der Waals surface area contributed by atoms with Crippen molar-refractivity contribution in [3.05, 3.63) is 99.6 Å². The lowest BCUT2D eigenvalue weighted by Gasteiger charge is -2.30. The van der Waals surface area contributed by atoms with Crippen LogP contribution in [-0.4, -0.2) is 40.4 Å². The van der Waals surface area contributed by atoms with E-state index in [-0.39, 0.29) is 23.4 Å². The van der Waals surface area contributed by atoms with Crippen LogP contribution in [0.2, 0.25) is 0 Å². The quantitative estimate of drug-likeness (QED) is 0.288. The first-order chi connectivity index (χ1) is 17.9. The zero-order valence-electron chi connectivity index (χ0n) is 20.2. The molecule has 0 aliphatic carbocycles. The number of aliphatic imine (C=N–C) groups is 1. The molecule has 9 heteroatoms. The zero-order valence-corrected chi connectivity index (χ0v) is 20.2. The summed E-state index contributed by atoms with van der Waals surface area (Å²) in [6.07, 6.45) is 1.56. The first-order valence-electron chi connectivity index (χ1n) is 12.2. The van der Waals surface area contributed by atoms with Crippen molar-refractivity contribution in [1.82, 2.24) is 4.90 Å². The molecule has 37 heavy (non-hydrogen) atoms. The van der Waals surface area contributed by atoms with Crippen LogP contribution < -0.4 is 11.1 Å². The fraction of sp³-hybridized carbons (Fsp3) is 0.250. The molecule has 2 amide bonds. The topological polar surface area (TPSA) is 131 Å². The van der Waals surface area contributed by atoms with E-state index in [1.807, 2.05) is 54.6 Å². The third-order valence-electron chi connectivity index (χ3n) is 7.00. The van der Waals surface area contributed by atoms with Gasteiger partial charge in [0.25, 0.3) is 5.69 Å². The van der Waals surface area contributed by atoms with Gasteiger partial charge >= 0.3 is 0 Å². The normalized spacial score (nSPS) is 18.3. The Bertz CT molecular complexity index is 1360. The minimum absolute atomic E-state index is 0.0382. The number of nitro groups is 1. The van der Waals surface area contributed by atoms with Gasteiger partial charge in [0.1, 0.15) is 5.92 Å². The highest BCUT2D eigenvalue weighted by Crippen LogP contribution is 2.38. The van der Waals surface area contributed by atoms with Gasteiger partial charge < -0.3 is 11.1 Å². The summed E-state index contributed by atoms with van der Waals surface area (Å²) in [5.74, 6) is -1.30. The summed E-state index contributed by atoms with van der Waals surface area (Å²) in [7, 11) is 0. The van der Waals surface area contributed by atoms with Crippen LogP contribution in [0.15, 0.2) is 77.8 Å². The lowest BCUT2D eigenvalue weighted by molar-refractivity contribution is -0.384. The molecule has 0 aromatic heterocycles. The molecule has 0 bridgehead atoms. The Hall–Kier alpha value is -4.37. The van der Waals surface area contributed by atoms with Gasteiger partial charge in [-0.25, -0.2) is 0 Å². The fourth-order valence-electron chi connectivity index (χ4n) is 4.99. The molecule has 3 N–H and O–H groups in total. The molecule has 9 nitrogen and oxygen atoms in total. The van der Waals surface area contributed by atoms with Crippen molar-refractivity contribution >= 4 is 34.6 Å². The molecule has 5 rings (SSSR count). The number of benzene rings is 3. The third kappa shape index (κ3) is 5.26. The number of likely N-dealkylation sites (tertiary alicyclic amines) is 1. The lowest BCUT2D eigenvalue weighted by atomic mass is 9.90. The average Bonchev–Trinajstić information content (AvgIpc) is 3.23. The standard InChI is InChI=1S/C28H27N5O4/c29-27(34)20-12-14-32(15-13-20)17-18-6-8-21(9-7-18)30-26(19-4-2-1-3-5-19)25-23-16-22(33(36)37)10-11-24(23)31-28(25)35/h1-11,16,20,25H,12-15,17H2,(H2,29,34)(H,31,35). The molecule has 2 heterocycles. The molecule has 2 aliphatic heterocycles. The van der Waals surface area contributed by atoms with Gasteiger partial charge in [-0.15, -0.1) is 0 Å². The van der Waals surface area contributed by atoms with E-state index in [1.165, 1.54) is 12.1 Å². The van der Waals surface area contributed by atoms with Gasteiger partial charge in [0.15, 0.2) is 0 Å². The van der Waals surface area contributed by atoms with E-state index < -0.39 is 10.8 Å². The number of nitrogens with one attached hydrogen (secondary N) is 1. The van der Waals surface area contributed by atoms with Crippen molar-refractivity contribution in [3.8, 4) is 0 Å². The molecule has 1 fully saturated rings. The van der Waals surface area contributed by atoms with Crippen LogP contribution in [0, 0.1) is 16.0 Å². The minimum Gasteiger partial charge on any atom is -0.369 e. The molecule has 1 atom stereocenters. The van der Waals surface area contributed by atoms with E-state index in [9.17, 15) is 19.7 Å². The van der Waals surface area contributed by atoms with E-state index in [2.05, 4.69) is 10.2 Å². The van der Waals surface area contributed by atoms with E-state index >= 15 is 0 Å². The number of fused-ring (bicyclic) bond motifs is 1. The van der Waals surface area contributed by atoms with Crippen LogP contribution in [0.5, 0.6) is 0 Å². The fourth-order valence-corrected chi connectivity index (χ4v) is 4.99. The highest BCUT2D eigenvalue weighted by atomic mass is 16.6. The van der Waals surface area contributed by atoms with E-state index in [0.717, 1.165) is 43.6 Å². The summed E-state index contributed by atoms with van der Waals surface area (Å²) in [5, 5.41) is 14.2. The van der Waals surface area contributed by atoms with Crippen LogP contribution in [0.4, 0.5) is 17.1 Å². The Morgan fingerprint density at radius 1 is 1.05 bits per heavy atom. The Morgan fingerprint density at radius 3 is 2.41 bits per heavy atom. The number of nitro benzene ring substituents is 1. The summed E-state index contributed by atoms with van der Waals surface area (Å²) in [5.41, 5.74) is 9.56. The first-order valence-corrected chi connectivity index (χ1v) is 12.2. The van der Waals surface area contributed by atoms with E-state index in [1.54, 1.807) is 6.07 Å². The SMILES string of the molecule is NC(=O)C1CCN(Cc2ccc(N=C(c3ccccc3)C3C(=O)Nc4ccc([N+](=O)[O-])cc43)cc2)CC1. The first kappa shape index (κ1) is 24.3. The maximum atomic E-state index is 13.1. The van der Waals surface area contributed by atoms with Gasteiger partial charge in [0.2, 0.25) is 11.8 Å². The van der Waals surface area contributed by atoms with Gasteiger partial charge in [0.05, 0.1) is 16.3 Å². The van der Waals surface area contributed by atoms with Crippen molar-refractivity contribution in [1.29, 1.82) is 0 Å². The van der Waals surface area contributed by atoms with Gasteiger partial charge in [-0.1, -0.05) is 42.5 Å². The second-order valence-corrected chi connectivity index (χ2v) is 9.43. The molecular weight excluding hydrogens is 470 g/mol. The summed E-state index contributed by atoms with van der Waals surface area (Å²) < 4.78 is 0. The number of non-ortho nitro benzene ring substituents is 1. The Kier molecular flexibility index (Phi) is 6.78. The van der Waals surface area contributed by atoms with Gasteiger partial charge in [0, 0.05) is 35.8 Å². The highest BCUT2D eigenvalue weighted by Gasteiger charge is 2.36. The summed E-state index contributed by atoms with van der Waals surface area (Å²) >= 11 is 0. The second kappa shape index (κ2) is 10.3. The number of carbonyl (C=O) groups excluding carboxylic acids is 2. The summed E-state index contributed by atoms with van der Waals surface area (Å²) in [6.45, 7) is 2.42. The monoisotopic (exact) mass is 497 g/mol. The van der Waals surface area contributed by atoms with Crippen molar-refractivity contribution in [2.75, 3.05) is 18.4 Å².